The Hall–Kier alpha value is -1.87. The highest BCUT2D eigenvalue weighted by Gasteiger charge is 2.67. The fourth-order valence-corrected chi connectivity index (χ4v) is 9.29. The molecule has 2 heterocycles. The molecule has 4 aliphatic carbocycles. The largest absolute Gasteiger partial charge is 0.255 e. The Bertz CT molecular complexity index is 1250. The van der Waals surface area contributed by atoms with E-state index in [0.717, 1.165) is 39.8 Å². The summed E-state index contributed by atoms with van der Waals surface area (Å²) in [7, 11) is 0. The fraction of sp³-hybridized carbons (Fsp3) is 0.419. The normalized spacial score (nSPS) is 32.2. The van der Waals surface area contributed by atoms with Crippen LogP contribution in [0.1, 0.15) is 55.2 Å². The number of hydrogen-bond acceptors (Lipinski definition) is 5. The maximum Gasteiger partial charge on any atom is 0.0887 e. The van der Waals surface area contributed by atoms with Gasteiger partial charge in [0, 0.05) is 23.5 Å². The maximum absolute atomic E-state index is 4.90. The van der Waals surface area contributed by atoms with Crippen molar-refractivity contribution in [2.24, 2.45) is 16.2 Å². The molecule has 36 heavy (non-hydrogen) atoms. The Labute approximate surface area is 231 Å². The number of thiol groups is 3. The van der Waals surface area contributed by atoms with Crippen molar-refractivity contribution in [1.82, 2.24) is 9.97 Å². The lowest BCUT2D eigenvalue weighted by Crippen LogP contribution is -2.64. The van der Waals surface area contributed by atoms with Gasteiger partial charge in [-0.3, -0.25) is 9.97 Å². The van der Waals surface area contributed by atoms with Crippen LogP contribution in [0.2, 0.25) is 0 Å². The Kier molecular flexibility index (Phi) is 6.22. The van der Waals surface area contributed by atoms with E-state index in [9.17, 15) is 0 Å². The first kappa shape index (κ1) is 24.5. The Morgan fingerprint density at radius 1 is 0.611 bits per heavy atom. The van der Waals surface area contributed by atoms with E-state index in [0.29, 0.717) is 16.2 Å². The summed E-state index contributed by atoms with van der Waals surface area (Å²) in [6.07, 6.45) is 11.2. The molecule has 7 rings (SSSR count). The van der Waals surface area contributed by atoms with Crippen molar-refractivity contribution in [3.05, 3.63) is 83.7 Å². The first-order valence-electron chi connectivity index (χ1n) is 12.8. The van der Waals surface area contributed by atoms with Gasteiger partial charge < -0.3 is 0 Å². The molecule has 4 bridgehead atoms. The average molecular weight is 529 g/mol. The molecular formula is C31H32N2S3. The second kappa shape index (κ2) is 9.15. The number of benzene rings is 1. The lowest BCUT2D eigenvalue weighted by Gasteiger charge is -2.71. The summed E-state index contributed by atoms with van der Waals surface area (Å²) in [4.78, 5) is 8.91. The van der Waals surface area contributed by atoms with Crippen LogP contribution in [0.4, 0.5) is 0 Å². The second-order valence-corrected chi connectivity index (χ2v) is 12.7. The molecule has 4 fully saturated rings. The molecule has 2 nitrogen and oxygen atoms in total. The second-order valence-electron chi connectivity index (χ2n) is 11.8. The summed E-state index contributed by atoms with van der Waals surface area (Å²) in [5.41, 5.74) is 6.30. The first-order valence-corrected chi connectivity index (χ1v) is 14.7. The third-order valence-corrected chi connectivity index (χ3v) is 10.9. The number of pyridine rings is 2. The zero-order chi connectivity index (χ0) is 24.9. The van der Waals surface area contributed by atoms with E-state index in [1.54, 1.807) is 6.20 Å². The van der Waals surface area contributed by atoms with Crippen molar-refractivity contribution in [3.63, 3.8) is 0 Å². The van der Waals surface area contributed by atoms with Gasteiger partial charge in [0.1, 0.15) is 0 Å². The van der Waals surface area contributed by atoms with E-state index >= 15 is 0 Å². The SMILES string of the molecule is SCC12CC3(CS)CC(CS)(C1)CC(c1ccc(C#Cc4ccc(-c5ccccn5)nc4)cc1)(C2)C3. The standard InChI is InChI=1S/C31H32N2S3/c34-20-28-14-29(21-35)16-30(15-28,22-36)19-31(17-28,18-29)25-9-6-23(7-10-25)4-5-24-8-11-27(33-13-24)26-3-1-2-12-32-26/h1-3,6-13,34-36H,14-22H2. The van der Waals surface area contributed by atoms with Crippen LogP contribution in [0, 0.1) is 28.1 Å². The van der Waals surface area contributed by atoms with Crippen molar-refractivity contribution < 1.29 is 0 Å². The molecule has 0 amide bonds. The quantitative estimate of drug-likeness (QED) is 0.248. The Balaban J connectivity index is 1.26. The average Bonchev–Trinajstić information content (AvgIpc) is 2.92. The minimum Gasteiger partial charge on any atom is -0.255 e. The number of aromatic nitrogens is 2. The van der Waals surface area contributed by atoms with Gasteiger partial charge >= 0.3 is 0 Å². The van der Waals surface area contributed by atoms with Crippen molar-refractivity contribution in [1.29, 1.82) is 0 Å². The highest BCUT2D eigenvalue weighted by Crippen LogP contribution is 2.74. The molecule has 0 aliphatic heterocycles. The molecule has 0 atom stereocenters. The number of nitrogens with zero attached hydrogens (tertiary/aromatic N) is 2. The molecule has 0 saturated heterocycles. The summed E-state index contributed by atoms with van der Waals surface area (Å²) in [5.74, 6) is 9.52. The molecule has 4 aliphatic rings. The van der Waals surface area contributed by atoms with Crippen LogP contribution in [0.5, 0.6) is 0 Å². The van der Waals surface area contributed by atoms with Crippen LogP contribution in [-0.2, 0) is 5.41 Å². The van der Waals surface area contributed by atoms with Crippen LogP contribution in [0.15, 0.2) is 67.0 Å². The smallest absolute Gasteiger partial charge is 0.0887 e. The third kappa shape index (κ3) is 4.20. The molecule has 184 valence electrons. The van der Waals surface area contributed by atoms with Gasteiger partial charge in [-0.05, 0) is 119 Å². The van der Waals surface area contributed by atoms with E-state index in [4.69, 9.17) is 37.9 Å². The van der Waals surface area contributed by atoms with Crippen molar-refractivity contribution in [2.75, 3.05) is 17.3 Å². The lowest BCUT2D eigenvalue weighted by molar-refractivity contribution is -0.145. The van der Waals surface area contributed by atoms with E-state index < -0.39 is 0 Å². The van der Waals surface area contributed by atoms with Gasteiger partial charge in [0.25, 0.3) is 0 Å². The molecule has 2 aromatic heterocycles. The lowest BCUT2D eigenvalue weighted by atomic mass is 9.35. The Morgan fingerprint density at radius 3 is 1.67 bits per heavy atom. The maximum atomic E-state index is 4.90. The summed E-state index contributed by atoms with van der Waals surface area (Å²) < 4.78 is 0. The van der Waals surface area contributed by atoms with Crippen molar-refractivity contribution >= 4 is 37.9 Å². The van der Waals surface area contributed by atoms with Gasteiger partial charge in [-0.25, -0.2) is 0 Å². The molecule has 3 aromatic rings. The predicted molar refractivity (Wildman–Crippen MR) is 158 cm³/mol. The molecule has 5 heteroatoms. The van der Waals surface area contributed by atoms with Gasteiger partial charge in [0.15, 0.2) is 0 Å². The third-order valence-electron chi connectivity index (χ3n) is 8.94. The van der Waals surface area contributed by atoms with Crippen LogP contribution in [0.25, 0.3) is 11.4 Å². The molecule has 0 unspecified atom stereocenters. The highest BCUT2D eigenvalue weighted by molar-refractivity contribution is 7.80. The molecule has 0 N–H and O–H groups in total. The van der Waals surface area contributed by atoms with E-state index in [1.165, 1.54) is 44.1 Å². The van der Waals surface area contributed by atoms with Crippen LogP contribution >= 0.6 is 37.9 Å². The molecule has 0 spiro atoms. The topological polar surface area (TPSA) is 25.8 Å². The minimum absolute atomic E-state index is 0.208. The van der Waals surface area contributed by atoms with Crippen molar-refractivity contribution in [2.45, 2.75) is 43.9 Å². The monoisotopic (exact) mass is 528 g/mol. The summed E-state index contributed by atoms with van der Waals surface area (Å²) in [6.45, 7) is 0. The zero-order valence-electron chi connectivity index (χ0n) is 20.5. The summed E-state index contributed by atoms with van der Waals surface area (Å²) in [5, 5.41) is 0. The van der Waals surface area contributed by atoms with Gasteiger partial charge in [0.2, 0.25) is 0 Å². The zero-order valence-corrected chi connectivity index (χ0v) is 23.1. The van der Waals surface area contributed by atoms with Gasteiger partial charge in [-0.2, -0.15) is 37.9 Å². The Morgan fingerprint density at radius 2 is 1.17 bits per heavy atom. The molecule has 0 radical (unpaired) electrons. The number of rotatable bonds is 5. The van der Waals surface area contributed by atoms with E-state index in [1.807, 2.05) is 36.5 Å². The van der Waals surface area contributed by atoms with Gasteiger partial charge in [-0.1, -0.05) is 30.0 Å². The highest BCUT2D eigenvalue weighted by atomic mass is 32.1. The van der Waals surface area contributed by atoms with Crippen LogP contribution in [-0.4, -0.2) is 27.2 Å². The molecular weight excluding hydrogens is 497 g/mol. The minimum atomic E-state index is 0.208. The van der Waals surface area contributed by atoms with E-state index in [-0.39, 0.29) is 5.41 Å². The fourth-order valence-electron chi connectivity index (χ4n) is 8.28. The predicted octanol–water partition coefficient (Wildman–Crippen LogP) is 6.91. The van der Waals surface area contributed by atoms with Gasteiger partial charge in [0.05, 0.1) is 11.4 Å². The van der Waals surface area contributed by atoms with Crippen LogP contribution in [0.3, 0.4) is 0 Å². The van der Waals surface area contributed by atoms with Crippen LogP contribution < -0.4 is 0 Å². The van der Waals surface area contributed by atoms with Gasteiger partial charge in [-0.15, -0.1) is 0 Å². The van der Waals surface area contributed by atoms with Crippen molar-refractivity contribution in [3.8, 4) is 23.2 Å². The molecule has 4 saturated carbocycles. The van der Waals surface area contributed by atoms with E-state index in [2.05, 4.69) is 46.1 Å². The first-order chi connectivity index (χ1) is 17.4. The number of hydrogen-bond donors (Lipinski definition) is 3. The summed E-state index contributed by atoms with van der Waals surface area (Å²) in [6, 6.07) is 18.9. The summed E-state index contributed by atoms with van der Waals surface area (Å²) >= 11 is 14.7. The molecule has 1 aromatic carbocycles.